The van der Waals surface area contributed by atoms with Crippen LogP contribution >= 0.6 is 11.5 Å². The minimum Gasteiger partial charge on any atom is -0.451 e. The van der Waals surface area contributed by atoms with Gasteiger partial charge in [0.1, 0.15) is 6.10 Å². The van der Waals surface area contributed by atoms with Crippen LogP contribution in [0.3, 0.4) is 0 Å². The number of Topliss-reactive ketones (excluding diaryl/α,β-unsaturated/α-hetero) is 1. The average molecular weight is 488 g/mol. The van der Waals surface area contributed by atoms with Gasteiger partial charge in [-0.05, 0) is 73.0 Å². The number of ketones is 1. The zero-order valence-corrected chi connectivity index (χ0v) is 21.3. The van der Waals surface area contributed by atoms with Gasteiger partial charge in [-0.2, -0.15) is 4.37 Å². The molecule has 2 bridgehead atoms. The lowest BCUT2D eigenvalue weighted by atomic mass is 9.59. The molecule has 4 aliphatic rings. The summed E-state index contributed by atoms with van der Waals surface area (Å²) in [7, 11) is 0. The van der Waals surface area contributed by atoms with E-state index in [2.05, 4.69) is 18.2 Å². The molecule has 34 heavy (non-hydrogen) atoms. The van der Waals surface area contributed by atoms with E-state index in [1.54, 1.807) is 32.9 Å². The van der Waals surface area contributed by atoms with Crippen molar-refractivity contribution in [2.45, 2.75) is 65.8 Å². The Kier molecular flexibility index (Phi) is 5.14. The van der Waals surface area contributed by atoms with E-state index < -0.39 is 41.7 Å². The molecule has 1 aromatic heterocycles. The summed E-state index contributed by atoms with van der Waals surface area (Å²) in [5.74, 6) is -1.26. The molecule has 1 aromatic rings. The second kappa shape index (κ2) is 7.32. The van der Waals surface area contributed by atoms with Crippen LogP contribution in [0.4, 0.5) is 0 Å². The molecule has 184 valence electrons. The Bertz CT molecular complexity index is 1130. The van der Waals surface area contributed by atoms with Gasteiger partial charge >= 0.3 is 5.97 Å². The SMILES string of the molecule is CC1=CC23C(=O)[C@@H](C=C(CO)[C@@H](O)[C@]2(O)[C@H]1OC(=O)c1c(C)nsc1C)[C@H]1[C@@H](CC3C)C1(C)C. The minimum absolute atomic E-state index is 0.0368. The summed E-state index contributed by atoms with van der Waals surface area (Å²) in [5.41, 5.74) is -1.99. The van der Waals surface area contributed by atoms with Crippen LogP contribution in [0.25, 0.3) is 0 Å². The molecule has 3 N–H and O–H groups in total. The van der Waals surface area contributed by atoms with E-state index in [4.69, 9.17) is 4.74 Å². The second-order valence-corrected chi connectivity index (χ2v) is 12.3. The number of aromatic nitrogens is 1. The Morgan fingerprint density at radius 3 is 2.56 bits per heavy atom. The topological polar surface area (TPSA) is 117 Å². The number of hydrogen-bond donors (Lipinski definition) is 3. The first kappa shape index (κ1) is 23.9. The number of ether oxygens (including phenoxy) is 1. The Hall–Kier alpha value is -1.87. The number of allylic oxidation sites excluding steroid dienone is 1. The van der Waals surface area contributed by atoms with E-state index in [0.29, 0.717) is 34.0 Å². The third-order valence-electron chi connectivity index (χ3n) is 9.36. The highest BCUT2D eigenvalue weighted by atomic mass is 32.1. The number of aryl methyl sites for hydroxylation is 2. The summed E-state index contributed by atoms with van der Waals surface area (Å²) in [6, 6.07) is 0. The lowest BCUT2D eigenvalue weighted by molar-refractivity contribution is -0.190. The Labute approximate surface area is 203 Å². The highest BCUT2D eigenvalue weighted by molar-refractivity contribution is 7.06. The first-order valence-corrected chi connectivity index (χ1v) is 12.7. The summed E-state index contributed by atoms with van der Waals surface area (Å²) in [4.78, 5) is 28.2. The van der Waals surface area contributed by atoms with E-state index >= 15 is 0 Å². The monoisotopic (exact) mass is 487 g/mol. The number of nitrogens with zero attached hydrogens (tertiary/aromatic N) is 1. The molecular weight excluding hydrogens is 454 g/mol. The van der Waals surface area contributed by atoms with Crippen molar-refractivity contribution in [3.05, 3.63) is 39.4 Å². The fraction of sp³-hybridized carbons (Fsp3) is 0.654. The molecule has 0 radical (unpaired) electrons. The molecule has 2 fully saturated rings. The molecule has 8 heteroatoms. The first-order valence-electron chi connectivity index (χ1n) is 11.9. The summed E-state index contributed by atoms with van der Waals surface area (Å²) in [5, 5.41) is 34.1. The highest BCUT2D eigenvalue weighted by Gasteiger charge is 2.76. The number of carbonyl (C=O) groups excluding carboxylic acids is 2. The maximum Gasteiger partial charge on any atom is 0.341 e. The maximum absolute atomic E-state index is 14.3. The van der Waals surface area contributed by atoms with Gasteiger partial charge in [0.15, 0.2) is 17.5 Å². The fourth-order valence-corrected chi connectivity index (χ4v) is 8.22. The molecular formula is C26H33NO6S. The van der Waals surface area contributed by atoms with Crippen LogP contribution in [-0.4, -0.2) is 55.9 Å². The standard InChI is InChI=1S/C26H33NO6S/c1-11-9-25-12(2)7-17-19(24(17,5)6)16(21(25)30)8-15(10-28)20(29)26(25,32)22(11)33-23(31)18-13(3)27-34-14(18)4/h8-9,12,16-17,19-20,22,28-29,32H,7,10H2,1-6H3/t12?,16-,17+,19-,20+,22-,25?,26-/m0/s1. The summed E-state index contributed by atoms with van der Waals surface area (Å²) in [6.07, 6.45) is 1.33. The molecule has 7 nitrogen and oxygen atoms in total. The lowest BCUT2D eigenvalue weighted by Gasteiger charge is -2.48. The zero-order valence-electron chi connectivity index (χ0n) is 20.5. The van der Waals surface area contributed by atoms with E-state index in [9.17, 15) is 24.9 Å². The summed E-state index contributed by atoms with van der Waals surface area (Å²) < 4.78 is 10.1. The zero-order chi connectivity index (χ0) is 25.0. The van der Waals surface area contributed by atoms with Crippen molar-refractivity contribution in [3.63, 3.8) is 0 Å². The van der Waals surface area contributed by atoms with Gasteiger partial charge in [0, 0.05) is 10.8 Å². The van der Waals surface area contributed by atoms with Gasteiger partial charge in [0.2, 0.25) is 0 Å². The van der Waals surface area contributed by atoms with Gasteiger partial charge in [-0.15, -0.1) is 0 Å². The fourth-order valence-electron chi connectivity index (χ4n) is 7.53. The molecule has 1 heterocycles. The minimum atomic E-state index is -2.13. The molecule has 2 unspecified atom stereocenters. The van der Waals surface area contributed by atoms with Crippen LogP contribution in [0.5, 0.6) is 0 Å². The molecule has 1 spiro atoms. The molecule has 8 atom stereocenters. The number of rotatable bonds is 3. The van der Waals surface area contributed by atoms with E-state index in [1.807, 2.05) is 6.92 Å². The van der Waals surface area contributed by atoms with E-state index in [1.165, 1.54) is 11.5 Å². The first-order chi connectivity index (χ1) is 15.8. The number of carbonyl (C=O) groups is 2. The van der Waals surface area contributed by atoms with Gasteiger partial charge in [0.05, 0.1) is 23.3 Å². The van der Waals surface area contributed by atoms with Crippen LogP contribution in [-0.2, 0) is 9.53 Å². The molecule has 0 aliphatic heterocycles. The molecule has 0 amide bonds. The van der Waals surface area contributed by atoms with Gasteiger partial charge in [0.25, 0.3) is 0 Å². The van der Waals surface area contributed by atoms with Crippen LogP contribution in [0, 0.1) is 48.3 Å². The van der Waals surface area contributed by atoms with Crippen LogP contribution < -0.4 is 0 Å². The molecule has 2 saturated carbocycles. The van der Waals surface area contributed by atoms with Gasteiger partial charge < -0.3 is 20.1 Å². The van der Waals surface area contributed by atoms with Crippen molar-refractivity contribution in [2.75, 3.05) is 6.61 Å². The van der Waals surface area contributed by atoms with Crippen molar-refractivity contribution in [2.24, 2.45) is 34.5 Å². The quantitative estimate of drug-likeness (QED) is 0.443. The number of aliphatic hydroxyl groups is 3. The number of fused-ring (bicyclic) bond motifs is 3. The lowest BCUT2D eigenvalue weighted by Crippen LogP contribution is -2.65. The van der Waals surface area contributed by atoms with Crippen molar-refractivity contribution in [1.29, 1.82) is 0 Å². The molecule has 0 saturated heterocycles. The van der Waals surface area contributed by atoms with Crippen LogP contribution in [0.15, 0.2) is 23.3 Å². The summed E-state index contributed by atoms with van der Waals surface area (Å²) >= 11 is 1.20. The van der Waals surface area contributed by atoms with Crippen LogP contribution in [0.2, 0.25) is 0 Å². The summed E-state index contributed by atoms with van der Waals surface area (Å²) in [6.45, 7) is 11.0. The largest absolute Gasteiger partial charge is 0.451 e. The highest BCUT2D eigenvalue weighted by Crippen LogP contribution is 2.71. The Morgan fingerprint density at radius 1 is 1.29 bits per heavy atom. The van der Waals surface area contributed by atoms with Crippen molar-refractivity contribution in [1.82, 2.24) is 4.37 Å². The van der Waals surface area contributed by atoms with E-state index in [-0.39, 0.29) is 28.6 Å². The second-order valence-electron chi connectivity index (χ2n) is 11.3. The molecule has 5 rings (SSSR count). The third kappa shape index (κ3) is 2.71. The smallest absolute Gasteiger partial charge is 0.341 e. The van der Waals surface area contributed by atoms with Gasteiger partial charge in [-0.1, -0.05) is 32.9 Å². The molecule has 4 aliphatic carbocycles. The maximum atomic E-state index is 14.3. The normalized spacial score (nSPS) is 42.1. The van der Waals surface area contributed by atoms with Gasteiger partial charge in [-0.25, -0.2) is 4.79 Å². The third-order valence-corrected chi connectivity index (χ3v) is 10.2. The van der Waals surface area contributed by atoms with E-state index in [0.717, 1.165) is 0 Å². The predicted molar refractivity (Wildman–Crippen MR) is 126 cm³/mol. The van der Waals surface area contributed by atoms with Crippen molar-refractivity contribution < 1.29 is 29.6 Å². The Balaban J connectivity index is 1.65. The number of esters is 1. The average Bonchev–Trinajstić information content (AvgIpc) is 3.05. The van der Waals surface area contributed by atoms with Crippen molar-refractivity contribution in [3.8, 4) is 0 Å². The van der Waals surface area contributed by atoms with Crippen molar-refractivity contribution >= 4 is 23.3 Å². The van der Waals surface area contributed by atoms with Gasteiger partial charge in [-0.3, -0.25) is 4.79 Å². The Morgan fingerprint density at radius 2 is 1.97 bits per heavy atom. The molecule has 0 aromatic carbocycles. The number of aliphatic hydroxyl groups excluding tert-OH is 2. The number of hydrogen-bond acceptors (Lipinski definition) is 8. The van der Waals surface area contributed by atoms with Crippen LogP contribution in [0.1, 0.15) is 55.0 Å². The predicted octanol–water partition coefficient (Wildman–Crippen LogP) is 2.75.